The molecule has 0 spiro atoms. The molecule has 3 rings (SSSR count). The van der Waals surface area contributed by atoms with Gasteiger partial charge in [-0.15, -0.1) is 0 Å². The molecule has 6 nitrogen and oxygen atoms in total. The molecule has 1 aromatic carbocycles. The number of carbonyl (C=O) groups is 1. The molecule has 0 aliphatic rings. The van der Waals surface area contributed by atoms with Crippen LogP contribution in [0.5, 0.6) is 0 Å². The van der Waals surface area contributed by atoms with E-state index in [0.29, 0.717) is 21.9 Å². The highest BCUT2D eigenvalue weighted by atomic mass is 32.1. The van der Waals surface area contributed by atoms with Gasteiger partial charge in [0, 0.05) is 5.69 Å². The summed E-state index contributed by atoms with van der Waals surface area (Å²) in [5, 5.41) is 16.5. The van der Waals surface area contributed by atoms with Gasteiger partial charge in [0.1, 0.15) is 10.7 Å². The van der Waals surface area contributed by atoms with Gasteiger partial charge in [0.05, 0.1) is 17.8 Å². The number of fused-ring (bicyclic) bond motifs is 1. The quantitative estimate of drug-likeness (QED) is 0.781. The van der Waals surface area contributed by atoms with Gasteiger partial charge in [-0.05, 0) is 31.2 Å². The van der Waals surface area contributed by atoms with Crippen LogP contribution in [0.15, 0.2) is 30.5 Å². The molecular formula is C13H9N5OS. The van der Waals surface area contributed by atoms with Crippen molar-refractivity contribution in [1.82, 2.24) is 14.6 Å². The summed E-state index contributed by atoms with van der Waals surface area (Å²) >= 11 is 1.43. The van der Waals surface area contributed by atoms with Crippen LogP contribution >= 0.6 is 11.3 Å². The molecule has 0 atom stereocenters. The molecular weight excluding hydrogens is 274 g/mol. The lowest BCUT2D eigenvalue weighted by Crippen LogP contribution is -2.12. The van der Waals surface area contributed by atoms with Gasteiger partial charge in [0.25, 0.3) is 5.91 Å². The van der Waals surface area contributed by atoms with Gasteiger partial charge in [-0.2, -0.15) is 10.4 Å². The Morgan fingerprint density at radius 3 is 2.80 bits per heavy atom. The first kappa shape index (κ1) is 12.3. The van der Waals surface area contributed by atoms with Crippen LogP contribution in [0.4, 0.5) is 5.69 Å². The van der Waals surface area contributed by atoms with Gasteiger partial charge >= 0.3 is 0 Å². The van der Waals surface area contributed by atoms with Gasteiger partial charge in [0.15, 0.2) is 0 Å². The SMILES string of the molecule is Cc1nn2cc(C(=O)Nc3ccc(C#N)cc3)nc2s1. The second kappa shape index (κ2) is 4.75. The van der Waals surface area contributed by atoms with E-state index < -0.39 is 0 Å². The number of benzene rings is 1. The fourth-order valence-corrected chi connectivity index (χ4v) is 2.46. The lowest BCUT2D eigenvalue weighted by molar-refractivity contribution is 0.102. The Morgan fingerprint density at radius 1 is 1.40 bits per heavy atom. The fourth-order valence-electron chi connectivity index (χ4n) is 1.73. The van der Waals surface area contributed by atoms with E-state index in [1.807, 2.05) is 13.0 Å². The minimum absolute atomic E-state index is 0.301. The summed E-state index contributed by atoms with van der Waals surface area (Å²) in [6.07, 6.45) is 1.60. The number of imidazole rings is 1. The van der Waals surface area contributed by atoms with Crippen molar-refractivity contribution in [2.45, 2.75) is 6.92 Å². The molecule has 2 heterocycles. The van der Waals surface area contributed by atoms with Crippen molar-refractivity contribution >= 4 is 27.9 Å². The van der Waals surface area contributed by atoms with Crippen LogP contribution in [0.2, 0.25) is 0 Å². The van der Waals surface area contributed by atoms with Gasteiger partial charge in [-0.25, -0.2) is 9.50 Å². The molecule has 7 heteroatoms. The van der Waals surface area contributed by atoms with Gasteiger partial charge < -0.3 is 5.32 Å². The molecule has 0 saturated carbocycles. The van der Waals surface area contributed by atoms with Crippen molar-refractivity contribution in [3.8, 4) is 6.07 Å². The average molecular weight is 283 g/mol. The first-order valence-corrected chi connectivity index (χ1v) is 6.62. The van der Waals surface area contributed by atoms with E-state index in [1.165, 1.54) is 11.3 Å². The van der Waals surface area contributed by atoms with Crippen LogP contribution in [0.1, 0.15) is 21.1 Å². The van der Waals surface area contributed by atoms with Crippen molar-refractivity contribution < 1.29 is 4.79 Å². The Bertz CT molecular complexity index is 793. The summed E-state index contributed by atoms with van der Waals surface area (Å²) in [5.41, 5.74) is 1.48. The topological polar surface area (TPSA) is 83.1 Å². The third-order valence-corrected chi connectivity index (χ3v) is 3.49. The Hall–Kier alpha value is -2.72. The predicted molar refractivity (Wildman–Crippen MR) is 74.7 cm³/mol. The molecule has 98 valence electrons. The highest BCUT2D eigenvalue weighted by Crippen LogP contribution is 2.15. The maximum Gasteiger partial charge on any atom is 0.275 e. The maximum absolute atomic E-state index is 12.0. The van der Waals surface area contributed by atoms with E-state index in [9.17, 15) is 4.79 Å². The van der Waals surface area contributed by atoms with Crippen molar-refractivity contribution in [3.05, 3.63) is 46.7 Å². The number of nitriles is 1. The third-order valence-electron chi connectivity index (χ3n) is 2.65. The Balaban J connectivity index is 1.81. The zero-order chi connectivity index (χ0) is 14.1. The molecule has 0 fully saturated rings. The van der Waals surface area contributed by atoms with Crippen LogP contribution in [0, 0.1) is 18.3 Å². The lowest BCUT2D eigenvalue weighted by Gasteiger charge is -2.02. The zero-order valence-corrected chi connectivity index (χ0v) is 11.3. The first-order chi connectivity index (χ1) is 9.65. The van der Waals surface area contributed by atoms with E-state index in [1.54, 1.807) is 35.0 Å². The molecule has 0 saturated heterocycles. The highest BCUT2D eigenvalue weighted by molar-refractivity contribution is 7.16. The van der Waals surface area contributed by atoms with E-state index in [4.69, 9.17) is 5.26 Å². The third kappa shape index (κ3) is 2.24. The van der Waals surface area contributed by atoms with E-state index in [-0.39, 0.29) is 5.91 Å². The number of nitrogens with one attached hydrogen (secondary N) is 1. The smallest absolute Gasteiger partial charge is 0.275 e. The molecule has 0 unspecified atom stereocenters. The number of anilines is 1. The number of aromatic nitrogens is 3. The first-order valence-electron chi connectivity index (χ1n) is 5.80. The summed E-state index contributed by atoms with van der Waals surface area (Å²) in [6.45, 7) is 1.88. The predicted octanol–water partition coefficient (Wildman–Crippen LogP) is 2.22. The van der Waals surface area contributed by atoms with E-state index in [0.717, 1.165) is 5.01 Å². The lowest BCUT2D eigenvalue weighted by atomic mass is 10.2. The number of carbonyl (C=O) groups excluding carboxylic acids is 1. The molecule has 1 N–H and O–H groups in total. The Labute approximate surface area is 118 Å². The van der Waals surface area contributed by atoms with Crippen molar-refractivity contribution in [2.24, 2.45) is 0 Å². The summed E-state index contributed by atoms with van der Waals surface area (Å²) in [7, 11) is 0. The van der Waals surface area contributed by atoms with E-state index >= 15 is 0 Å². The second-order valence-electron chi connectivity index (χ2n) is 4.12. The van der Waals surface area contributed by atoms with Crippen LogP contribution in [0.25, 0.3) is 4.96 Å². The number of nitrogens with zero attached hydrogens (tertiary/aromatic N) is 4. The van der Waals surface area contributed by atoms with Gasteiger partial charge in [-0.3, -0.25) is 4.79 Å². The van der Waals surface area contributed by atoms with E-state index in [2.05, 4.69) is 15.4 Å². The largest absolute Gasteiger partial charge is 0.321 e. The maximum atomic E-state index is 12.0. The van der Waals surface area contributed by atoms with Crippen molar-refractivity contribution in [1.29, 1.82) is 5.26 Å². The number of aryl methyl sites for hydroxylation is 1. The summed E-state index contributed by atoms with van der Waals surface area (Å²) in [4.78, 5) is 17.0. The van der Waals surface area contributed by atoms with Gasteiger partial charge in [0.2, 0.25) is 4.96 Å². The van der Waals surface area contributed by atoms with Gasteiger partial charge in [-0.1, -0.05) is 11.3 Å². The monoisotopic (exact) mass is 283 g/mol. The summed E-state index contributed by atoms with van der Waals surface area (Å²) in [5.74, 6) is -0.301. The van der Waals surface area contributed by atoms with Crippen LogP contribution in [0.3, 0.4) is 0 Å². The Kier molecular flexibility index (Phi) is 2.93. The summed E-state index contributed by atoms with van der Waals surface area (Å²) in [6, 6.07) is 8.67. The normalized spacial score (nSPS) is 10.4. The number of hydrogen-bond acceptors (Lipinski definition) is 5. The van der Waals surface area contributed by atoms with Crippen LogP contribution in [-0.2, 0) is 0 Å². The molecule has 20 heavy (non-hydrogen) atoms. The molecule has 2 aromatic heterocycles. The average Bonchev–Trinajstić information content (AvgIpc) is 2.96. The molecule has 0 radical (unpaired) electrons. The zero-order valence-electron chi connectivity index (χ0n) is 10.5. The number of amides is 1. The minimum atomic E-state index is -0.301. The molecule has 1 amide bonds. The van der Waals surface area contributed by atoms with Crippen molar-refractivity contribution in [3.63, 3.8) is 0 Å². The molecule has 0 bridgehead atoms. The number of rotatable bonds is 2. The Morgan fingerprint density at radius 2 is 2.15 bits per heavy atom. The molecule has 0 aliphatic carbocycles. The summed E-state index contributed by atoms with van der Waals surface area (Å²) < 4.78 is 1.59. The van der Waals surface area contributed by atoms with Crippen LogP contribution in [-0.4, -0.2) is 20.5 Å². The molecule has 0 aliphatic heterocycles. The fraction of sp³-hybridized carbons (Fsp3) is 0.0769. The van der Waals surface area contributed by atoms with Crippen molar-refractivity contribution in [2.75, 3.05) is 5.32 Å². The van der Waals surface area contributed by atoms with Crippen LogP contribution < -0.4 is 5.32 Å². The second-order valence-corrected chi connectivity index (χ2v) is 5.28. The minimum Gasteiger partial charge on any atom is -0.321 e. The number of hydrogen-bond donors (Lipinski definition) is 1. The standard InChI is InChI=1S/C13H9N5OS/c1-8-17-18-7-11(16-13(18)20-8)12(19)15-10-4-2-9(6-14)3-5-10/h2-5,7H,1H3,(H,15,19). The molecule has 3 aromatic rings. The highest BCUT2D eigenvalue weighted by Gasteiger charge is 2.13.